The van der Waals surface area contributed by atoms with Gasteiger partial charge in [0.2, 0.25) is 0 Å². The lowest BCUT2D eigenvalue weighted by molar-refractivity contribution is -0.141. The van der Waals surface area contributed by atoms with Crippen molar-refractivity contribution in [3.05, 3.63) is 29.3 Å². The molecule has 0 saturated carbocycles. The highest BCUT2D eigenvalue weighted by Gasteiger charge is 2.21. The van der Waals surface area contributed by atoms with Gasteiger partial charge in [-0.15, -0.1) is 0 Å². The van der Waals surface area contributed by atoms with Crippen LogP contribution in [0.3, 0.4) is 0 Å². The van der Waals surface area contributed by atoms with E-state index in [0.29, 0.717) is 11.3 Å². The quantitative estimate of drug-likeness (QED) is 0.763. The van der Waals surface area contributed by atoms with Crippen LogP contribution in [0.15, 0.2) is 18.2 Å². The summed E-state index contributed by atoms with van der Waals surface area (Å²) in [5.41, 5.74) is 7.33. The fourth-order valence-corrected chi connectivity index (χ4v) is 1.73. The lowest BCUT2D eigenvalue weighted by Crippen LogP contribution is -2.31. The van der Waals surface area contributed by atoms with Crippen LogP contribution < -0.4 is 10.5 Å². The van der Waals surface area contributed by atoms with E-state index in [1.807, 2.05) is 13.0 Å². The number of aliphatic hydroxyl groups is 1. The largest absolute Gasteiger partial charge is 0.497 e. The summed E-state index contributed by atoms with van der Waals surface area (Å²) in [4.78, 5) is 11.1. The van der Waals surface area contributed by atoms with Gasteiger partial charge in [-0.25, -0.2) is 0 Å². The highest BCUT2D eigenvalue weighted by atomic mass is 16.5. The van der Waals surface area contributed by atoms with Gasteiger partial charge in [0, 0.05) is 6.04 Å². The van der Waals surface area contributed by atoms with E-state index in [4.69, 9.17) is 10.5 Å². The van der Waals surface area contributed by atoms with E-state index in [0.717, 1.165) is 5.56 Å². The number of benzene rings is 1. The lowest BCUT2D eigenvalue weighted by atomic mass is 9.96. The van der Waals surface area contributed by atoms with E-state index < -0.39 is 18.1 Å². The van der Waals surface area contributed by atoms with Gasteiger partial charge >= 0.3 is 5.97 Å². The van der Waals surface area contributed by atoms with Crippen LogP contribution in [0.2, 0.25) is 0 Å². The van der Waals surface area contributed by atoms with Crippen LogP contribution in [0.1, 0.15) is 23.7 Å². The van der Waals surface area contributed by atoms with Gasteiger partial charge in [0.15, 0.2) is 0 Å². The minimum absolute atomic E-state index is 0.0247. The number of esters is 1. The minimum atomic E-state index is -0.907. The van der Waals surface area contributed by atoms with Gasteiger partial charge in [0.05, 0.1) is 26.7 Å². The summed E-state index contributed by atoms with van der Waals surface area (Å²) in [5.74, 6) is 0.276. The second-order valence-electron chi connectivity index (χ2n) is 4.11. The number of rotatable bonds is 5. The third kappa shape index (κ3) is 3.45. The Kier molecular flexibility index (Phi) is 5.12. The van der Waals surface area contributed by atoms with Crippen molar-refractivity contribution in [3.8, 4) is 5.75 Å². The molecule has 0 fully saturated rings. The second kappa shape index (κ2) is 6.37. The van der Waals surface area contributed by atoms with Gasteiger partial charge < -0.3 is 20.3 Å². The predicted octanol–water partition coefficient (Wildman–Crippen LogP) is 0.927. The summed E-state index contributed by atoms with van der Waals surface area (Å²) in [6.07, 6.45) is -0.932. The van der Waals surface area contributed by atoms with Crippen molar-refractivity contribution in [1.82, 2.24) is 0 Å². The third-order valence-electron chi connectivity index (χ3n) is 2.83. The molecule has 5 nitrogen and oxygen atoms in total. The van der Waals surface area contributed by atoms with Gasteiger partial charge in [-0.05, 0) is 30.2 Å². The minimum Gasteiger partial charge on any atom is -0.497 e. The maximum atomic E-state index is 11.1. The molecule has 1 aromatic carbocycles. The number of nitrogens with two attached hydrogens (primary N) is 1. The Balaban J connectivity index is 2.83. The zero-order valence-electron chi connectivity index (χ0n) is 10.8. The van der Waals surface area contributed by atoms with Crippen molar-refractivity contribution in [3.63, 3.8) is 0 Å². The molecule has 0 aliphatic heterocycles. The molecule has 0 aromatic heterocycles. The third-order valence-corrected chi connectivity index (χ3v) is 2.83. The zero-order chi connectivity index (χ0) is 13.7. The number of methoxy groups -OCH3 is 2. The Bertz CT molecular complexity index is 419. The van der Waals surface area contributed by atoms with Crippen LogP contribution >= 0.6 is 0 Å². The maximum absolute atomic E-state index is 11.1. The van der Waals surface area contributed by atoms with Gasteiger partial charge in [0.25, 0.3) is 0 Å². The molecule has 0 radical (unpaired) electrons. The number of hydrogen-bond donors (Lipinski definition) is 2. The summed E-state index contributed by atoms with van der Waals surface area (Å²) < 4.78 is 9.61. The molecule has 0 saturated heterocycles. The molecular formula is C13H19NO4. The smallest absolute Gasteiger partial charge is 0.307 e. The topological polar surface area (TPSA) is 81.8 Å². The van der Waals surface area contributed by atoms with Gasteiger partial charge in [0.1, 0.15) is 5.75 Å². The summed E-state index contributed by atoms with van der Waals surface area (Å²) in [6, 6.07) is 4.61. The lowest BCUT2D eigenvalue weighted by Gasteiger charge is -2.20. The summed E-state index contributed by atoms with van der Waals surface area (Å²) in [5, 5.41) is 10.1. The van der Waals surface area contributed by atoms with Crippen molar-refractivity contribution in [2.75, 3.05) is 14.2 Å². The van der Waals surface area contributed by atoms with E-state index in [2.05, 4.69) is 4.74 Å². The first kappa shape index (κ1) is 14.5. The molecule has 5 heteroatoms. The van der Waals surface area contributed by atoms with E-state index in [9.17, 15) is 9.90 Å². The molecule has 0 bridgehead atoms. The summed E-state index contributed by atoms with van der Waals surface area (Å²) >= 11 is 0. The number of ether oxygens (including phenoxy) is 2. The molecule has 0 spiro atoms. The van der Waals surface area contributed by atoms with Crippen LogP contribution in [0.5, 0.6) is 5.75 Å². The Morgan fingerprint density at radius 2 is 2.11 bits per heavy atom. The molecule has 0 aliphatic carbocycles. The molecule has 1 aromatic rings. The van der Waals surface area contributed by atoms with E-state index in [1.54, 1.807) is 19.2 Å². The Hall–Kier alpha value is -1.59. The molecule has 0 heterocycles. The Labute approximate surface area is 107 Å². The van der Waals surface area contributed by atoms with Gasteiger partial charge in [-0.1, -0.05) is 6.07 Å². The Morgan fingerprint density at radius 1 is 1.44 bits per heavy atom. The predicted molar refractivity (Wildman–Crippen MR) is 67.3 cm³/mol. The van der Waals surface area contributed by atoms with E-state index in [-0.39, 0.29) is 6.42 Å². The first-order chi connectivity index (χ1) is 8.49. The van der Waals surface area contributed by atoms with Crippen LogP contribution in [-0.4, -0.2) is 31.3 Å². The molecule has 2 unspecified atom stereocenters. The van der Waals surface area contributed by atoms with Crippen LogP contribution in [0, 0.1) is 6.92 Å². The molecule has 1 rings (SSSR count). The van der Waals surface area contributed by atoms with Crippen molar-refractivity contribution in [2.24, 2.45) is 5.73 Å². The number of carbonyl (C=O) groups excluding carboxylic acids is 1. The first-order valence-electron chi connectivity index (χ1n) is 5.64. The summed E-state index contributed by atoms with van der Waals surface area (Å²) in [6.45, 7) is 1.85. The van der Waals surface area contributed by atoms with Crippen molar-refractivity contribution >= 4 is 5.97 Å². The molecule has 2 atom stereocenters. The molecule has 18 heavy (non-hydrogen) atoms. The van der Waals surface area contributed by atoms with Crippen LogP contribution in [-0.2, 0) is 9.53 Å². The van der Waals surface area contributed by atoms with Gasteiger partial charge in [-0.2, -0.15) is 0 Å². The fraction of sp³-hybridized carbons (Fsp3) is 0.462. The molecule has 0 amide bonds. The highest BCUT2D eigenvalue weighted by molar-refractivity contribution is 5.70. The van der Waals surface area contributed by atoms with Crippen molar-refractivity contribution < 1.29 is 19.4 Å². The number of aliphatic hydroxyl groups excluding tert-OH is 1. The van der Waals surface area contributed by atoms with E-state index >= 15 is 0 Å². The number of carbonyl (C=O) groups is 1. The van der Waals surface area contributed by atoms with Crippen LogP contribution in [0.25, 0.3) is 0 Å². The van der Waals surface area contributed by atoms with Crippen molar-refractivity contribution in [1.29, 1.82) is 0 Å². The molecule has 3 N–H and O–H groups in total. The zero-order valence-corrected chi connectivity index (χ0v) is 10.8. The maximum Gasteiger partial charge on any atom is 0.307 e. The average Bonchev–Trinajstić information content (AvgIpc) is 2.37. The van der Waals surface area contributed by atoms with Crippen molar-refractivity contribution in [2.45, 2.75) is 25.5 Å². The SMILES string of the molecule is COC(=O)CC(N)C(O)c1ccc(OC)cc1C. The monoisotopic (exact) mass is 253 g/mol. The second-order valence-corrected chi connectivity index (χ2v) is 4.11. The normalized spacial score (nSPS) is 13.8. The highest BCUT2D eigenvalue weighted by Crippen LogP contribution is 2.25. The standard InChI is InChI=1S/C13H19NO4/c1-8-6-9(17-2)4-5-10(8)13(16)11(14)7-12(15)18-3/h4-6,11,13,16H,7,14H2,1-3H3. The van der Waals surface area contributed by atoms with Crippen LogP contribution in [0.4, 0.5) is 0 Å². The molecular weight excluding hydrogens is 234 g/mol. The molecule has 100 valence electrons. The first-order valence-corrected chi connectivity index (χ1v) is 5.64. The fourth-order valence-electron chi connectivity index (χ4n) is 1.73. The van der Waals surface area contributed by atoms with E-state index in [1.165, 1.54) is 7.11 Å². The summed E-state index contributed by atoms with van der Waals surface area (Å²) in [7, 11) is 2.87. The Morgan fingerprint density at radius 3 is 2.61 bits per heavy atom. The number of hydrogen-bond acceptors (Lipinski definition) is 5. The van der Waals surface area contributed by atoms with Gasteiger partial charge in [-0.3, -0.25) is 4.79 Å². The number of aryl methyl sites for hydroxylation is 1. The average molecular weight is 253 g/mol. The molecule has 0 aliphatic rings.